The average Bonchev–Trinajstić information content (AvgIpc) is 2.46. The van der Waals surface area contributed by atoms with E-state index in [-0.39, 0.29) is 4.90 Å². The van der Waals surface area contributed by atoms with Crippen molar-refractivity contribution in [2.75, 3.05) is 26.7 Å². The summed E-state index contributed by atoms with van der Waals surface area (Å²) in [5.74, 6) is 0.345. The number of likely N-dealkylation sites (tertiary alicyclic amines) is 1. The summed E-state index contributed by atoms with van der Waals surface area (Å²) in [5.41, 5.74) is 1.01. The first kappa shape index (κ1) is 16.0. The van der Waals surface area contributed by atoms with Crippen molar-refractivity contribution >= 4 is 10.0 Å². The Morgan fingerprint density at radius 1 is 1.48 bits per heavy atom. The summed E-state index contributed by atoms with van der Waals surface area (Å²) in [6, 6.07) is 6.71. The van der Waals surface area contributed by atoms with Gasteiger partial charge in [-0.1, -0.05) is 6.07 Å². The van der Waals surface area contributed by atoms with Crippen molar-refractivity contribution in [1.29, 1.82) is 5.26 Å². The fourth-order valence-corrected chi connectivity index (χ4v) is 4.09. The Morgan fingerprint density at radius 3 is 2.90 bits per heavy atom. The zero-order chi connectivity index (χ0) is 15.5. The molecule has 1 fully saturated rings. The molecular weight excluding hydrogens is 286 g/mol. The molecule has 1 saturated heterocycles. The summed E-state index contributed by atoms with van der Waals surface area (Å²) >= 11 is 0. The lowest BCUT2D eigenvalue weighted by molar-refractivity contribution is 0.211. The van der Waals surface area contributed by atoms with Crippen molar-refractivity contribution in [2.24, 2.45) is 5.92 Å². The van der Waals surface area contributed by atoms with E-state index in [1.54, 1.807) is 19.1 Å². The molecule has 1 aliphatic heterocycles. The van der Waals surface area contributed by atoms with Gasteiger partial charge in [-0.3, -0.25) is 0 Å². The van der Waals surface area contributed by atoms with Crippen LogP contribution in [0.2, 0.25) is 0 Å². The van der Waals surface area contributed by atoms with E-state index in [4.69, 9.17) is 5.26 Å². The fourth-order valence-electron chi connectivity index (χ4n) is 2.70. The minimum Gasteiger partial charge on any atom is -0.306 e. The smallest absolute Gasteiger partial charge is 0.240 e. The van der Waals surface area contributed by atoms with Gasteiger partial charge in [0.25, 0.3) is 0 Å². The van der Waals surface area contributed by atoms with Gasteiger partial charge in [0, 0.05) is 13.1 Å². The molecule has 0 aliphatic carbocycles. The largest absolute Gasteiger partial charge is 0.306 e. The van der Waals surface area contributed by atoms with Crippen LogP contribution >= 0.6 is 0 Å². The maximum atomic E-state index is 12.4. The number of hydrogen-bond donors (Lipinski definition) is 1. The van der Waals surface area contributed by atoms with Crippen molar-refractivity contribution in [3.05, 3.63) is 29.3 Å². The molecule has 6 heteroatoms. The maximum Gasteiger partial charge on any atom is 0.240 e. The van der Waals surface area contributed by atoms with Crippen molar-refractivity contribution in [1.82, 2.24) is 9.62 Å². The van der Waals surface area contributed by atoms with Crippen LogP contribution in [-0.4, -0.2) is 40.0 Å². The minimum atomic E-state index is -3.56. The molecule has 1 aromatic rings. The molecular formula is C15H21N3O2S. The number of benzene rings is 1. The van der Waals surface area contributed by atoms with E-state index in [1.807, 2.05) is 6.07 Å². The van der Waals surface area contributed by atoms with E-state index in [0.717, 1.165) is 25.9 Å². The monoisotopic (exact) mass is 307 g/mol. The lowest BCUT2D eigenvalue weighted by Crippen LogP contribution is -2.39. The zero-order valence-corrected chi connectivity index (χ0v) is 13.3. The third-order valence-corrected chi connectivity index (χ3v) is 5.46. The van der Waals surface area contributed by atoms with E-state index < -0.39 is 10.0 Å². The first-order chi connectivity index (χ1) is 9.92. The molecule has 5 nitrogen and oxygen atoms in total. The van der Waals surface area contributed by atoms with Crippen LogP contribution in [0.3, 0.4) is 0 Å². The molecule has 1 unspecified atom stereocenters. The Hall–Kier alpha value is -1.42. The highest BCUT2D eigenvalue weighted by atomic mass is 32.2. The number of aryl methyl sites for hydroxylation is 1. The highest BCUT2D eigenvalue weighted by Crippen LogP contribution is 2.18. The van der Waals surface area contributed by atoms with Crippen LogP contribution in [0.4, 0.5) is 0 Å². The Balaban J connectivity index is 2.10. The van der Waals surface area contributed by atoms with Crippen LogP contribution in [0.1, 0.15) is 24.0 Å². The molecule has 0 amide bonds. The van der Waals surface area contributed by atoms with Gasteiger partial charge in [0.1, 0.15) is 0 Å². The molecule has 0 bridgehead atoms. The molecule has 0 radical (unpaired) electrons. The maximum absolute atomic E-state index is 12.4. The van der Waals surface area contributed by atoms with Crippen LogP contribution in [-0.2, 0) is 10.0 Å². The molecule has 0 aromatic heterocycles. The van der Waals surface area contributed by atoms with Crippen LogP contribution in [0.15, 0.2) is 23.1 Å². The minimum absolute atomic E-state index is 0.200. The van der Waals surface area contributed by atoms with Gasteiger partial charge in [0.15, 0.2) is 0 Å². The number of nitriles is 1. The second kappa shape index (κ2) is 6.56. The number of hydrogen-bond acceptors (Lipinski definition) is 4. The Bertz CT molecular complexity index is 649. The van der Waals surface area contributed by atoms with Gasteiger partial charge in [-0.2, -0.15) is 5.26 Å². The SMILES string of the molecule is Cc1ccc(C#N)cc1S(=O)(=O)NCC1CCCN(C)C1. The molecule has 0 spiro atoms. The van der Waals surface area contributed by atoms with Crippen molar-refractivity contribution in [2.45, 2.75) is 24.7 Å². The number of nitrogens with one attached hydrogen (secondary N) is 1. The number of piperidine rings is 1. The Labute approximate surface area is 126 Å². The van der Waals surface area contributed by atoms with Gasteiger partial charge in [0.2, 0.25) is 10.0 Å². The standard InChI is InChI=1S/C15H21N3O2S/c1-12-5-6-13(9-16)8-15(12)21(19,20)17-10-14-4-3-7-18(2)11-14/h5-6,8,14,17H,3-4,7,10-11H2,1-2H3. The normalized spacial score (nSPS) is 20.1. The molecule has 1 aromatic carbocycles. The second-order valence-electron chi connectivity index (χ2n) is 5.71. The predicted molar refractivity (Wildman–Crippen MR) is 81.3 cm³/mol. The van der Waals surface area contributed by atoms with Gasteiger partial charge in [-0.15, -0.1) is 0 Å². The van der Waals surface area contributed by atoms with Crippen LogP contribution < -0.4 is 4.72 Å². The highest BCUT2D eigenvalue weighted by Gasteiger charge is 2.22. The van der Waals surface area contributed by atoms with Gasteiger partial charge >= 0.3 is 0 Å². The van der Waals surface area contributed by atoms with E-state index in [9.17, 15) is 8.42 Å². The summed E-state index contributed by atoms with van der Waals surface area (Å²) in [5, 5.41) is 8.91. The topological polar surface area (TPSA) is 73.2 Å². The van der Waals surface area contributed by atoms with Crippen LogP contribution in [0.25, 0.3) is 0 Å². The Morgan fingerprint density at radius 2 is 2.24 bits per heavy atom. The molecule has 1 heterocycles. The van der Waals surface area contributed by atoms with Crippen LogP contribution in [0, 0.1) is 24.2 Å². The third-order valence-electron chi connectivity index (χ3n) is 3.89. The number of rotatable bonds is 4. The molecule has 114 valence electrons. The first-order valence-electron chi connectivity index (χ1n) is 7.11. The summed E-state index contributed by atoms with van der Waals surface area (Å²) in [7, 11) is -1.50. The average molecular weight is 307 g/mol. The molecule has 1 N–H and O–H groups in total. The molecule has 21 heavy (non-hydrogen) atoms. The lowest BCUT2D eigenvalue weighted by Gasteiger charge is -2.29. The zero-order valence-electron chi connectivity index (χ0n) is 12.5. The summed E-state index contributed by atoms with van der Waals surface area (Å²) in [6.45, 7) is 4.18. The summed E-state index contributed by atoms with van der Waals surface area (Å²) in [4.78, 5) is 2.43. The predicted octanol–water partition coefficient (Wildman–Crippen LogP) is 1.49. The van der Waals surface area contributed by atoms with Gasteiger partial charge in [0.05, 0.1) is 16.5 Å². The van der Waals surface area contributed by atoms with E-state index in [1.165, 1.54) is 6.07 Å². The quantitative estimate of drug-likeness (QED) is 0.914. The molecule has 1 atom stereocenters. The van der Waals surface area contributed by atoms with E-state index in [0.29, 0.717) is 23.6 Å². The molecule has 0 saturated carbocycles. The van der Waals surface area contributed by atoms with E-state index in [2.05, 4.69) is 16.7 Å². The van der Waals surface area contributed by atoms with Crippen molar-refractivity contribution < 1.29 is 8.42 Å². The third kappa shape index (κ3) is 4.03. The van der Waals surface area contributed by atoms with Gasteiger partial charge < -0.3 is 4.90 Å². The number of nitrogens with zero attached hydrogens (tertiary/aromatic N) is 2. The summed E-state index contributed by atoms with van der Waals surface area (Å²) < 4.78 is 27.5. The Kier molecular flexibility index (Phi) is 4.99. The van der Waals surface area contributed by atoms with Crippen LogP contribution in [0.5, 0.6) is 0 Å². The van der Waals surface area contributed by atoms with Crippen molar-refractivity contribution in [3.63, 3.8) is 0 Å². The van der Waals surface area contributed by atoms with Gasteiger partial charge in [-0.25, -0.2) is 13.1 Å². The fraction of sp³-hybridized carbons (Fsp3) is 0.533. The number of sulfonamides is 1. The molecule has 2 rings (SSSR count). The highest BCUT2D eigenvalue weighted by molar-refractivity contribution is 7.89. The van der Waals surface area contributed by atoms with E-state index >= 15 is 0 Å². The second-order valence-corrected chi connectivity index (χ2v) is 7.45. The lowest BCUT2D eigenvalue weighted by atomic mass is 9.99. The molecule has 1 aliphatic rings. The van der Waals surface area contributed by atoms with Gasteiger partial charge in [-0.05, 0) is 57.0 Å². The first-order valence-corrected chi connectivity index (χ1v) is 8.59. The summed E-state index contributed by atoms with van der Waals surface area (Å²) in [6.07, 6.45) is 2.15. The van der Waals surface area contributed by atoms with Crippen molar-refractivity contribution in [3.8, 4) is 6.07 Å².